The molecule has 36 heavy (non-hydrogen) atoms. The minimum Gasteiger partial charge on any atom is -0.507 e. The predicted molar refractivity (Wildman–Crippen MR) is 137 cm³/mol. The largest absolute Gasteiger partial charge is 0.507 e. The van der Waals surface area contributed by atoms with Crippen molar-refractivity contribution in [3.05, 3.63) is 112 Å². The number of phenolic OH excluding ortho intramolecular Hbond substituents is 1. The van der Waals surface area contributed by atoms with Gasteiger partial charge >= 0.3 is 0 Å². The van der Waals surface area contributed by atoms with Crippen molar-refractivity contribution in [1.82, 2.24) is 15.0 Å². The van der Waals surface area contributed by atoms with E-state index in [2.05, 4.69) is 10.5 Å². The fourth-order valence-electron chi connectivity index (χ4n) is 4.14. The maximum atomic E-state index is 12.8. The summed E-state index contributed by atoms with van der Waals surface area (Å²) >= 11 is 0. The van der Waals surface area contributed by atoms with Gasteiger partial charge in [0.1, 0.15) is 18.1 Å². The molecule has 0 fully saturated rings. The summed E-state index contributed by atoms with van der Waals surface area (Å²) in [6.07, 6.45) is 1.90. The topological polar surface area (TPSA) is 123 Å². The van der Waals surface area contributed by atoms with Crippen molar-refractivity contribution in [2.45, 2.75) is 13.0 Å². The third-order valence-electron chi connectivity index (χ3n) is 5.86. The van der Waals surface area contributed by atoms with Gasteiger partial charge in [-0.3, -0.25) is 14.9 Å². The summed E-state index contributed by atoms with van der Waals surface area (Å²) in [5, 5.41) is 26.5. The molecule has 2 N–H and O–H groups in total. The lowest BCUT2D eigenvalue weighted by Gasteiger charge is -2.09. The van der Waals surface area contributed by atoms with E-state index in [1.165, 1.54) is 24.4 Å². The van der Waals surface area contributed by atoms with Gasteiger partial charge in [-0.15, -0.1) is 0 Å². The van der Waals surface area contributed by atoms with Crippen molar-refractivity contribution < 1.29 is 14.8 Å². The first kappa shape index (κ1) is 22.7. The van der Waals surface area contributed by atoms with Gasteiger partial charge < -0.3 is 9.67 Å². The fraction of sp³-hybridized carbons (Fsp3) is 0.0741. The predicted octanol–water partition coefficient (Wildman–Crippen LogP) is 4.54. The minimum atomic E-state index is -0.480. The number of para-hydroxylation sites is 2. The van der Waals surface area contributed by atoms with E-state index in [1.54, 1.807) is 12.1 Å². The first-order chi connectivity index (χ1) is 17.5. The summed E-state index contributed by atoms with van der Waals surface area (Å²) < 4.78 is 1.86. The van der Waals surface area contributed by atoms with Crippen LogP contribution in [0.5, 0.6) is 5.75 Å². The van der Waals surface area contributed by atoms with Gasteiger partial charge in [-0.25, -0.2) is 10.4 Å². The second-order valence-electron chi connectivity index (χ2n) is 8.22. The molecule has 178 valence electrons. The average molecular weight is 479 g/mol. The Balaban J connectivity index is 1.37. The standard InChI is InChI=1S/C27H21N5O4/c33-25-13-10-19-15-20(32(35)36)11-12-21(19)22(25)16-28-30-27(34)17-31-24-9-5-4-8-23(24)29-26(31)14-18-6-2-1-3-7-18/h1-13,15-16,33H,14,17H2,(H,30,34)/b28-16+. The van der Waals surface area contributed by atoms with Crippen molar-refractivity contribution in [3.8, 4) is 5.75 Å². The van der Waals surface area contributed by atoms with E-state index < -0.39 is 4.92 Å². The fourth-order valence-corrected chi connectivity index (χ4v) is 4.14. The monoisotopic (exact) mass is 479 g/mol. The lowest BCUT2D eigenvalue weighted by atomic mass is 10.0. The van der Waals surface area contributed by atoms with Crippen LogP contribution in [-0.2, 0) is 17.8 Å². The number of nitro groups is 1. The number of nitrogens with one attached hydrogen (secondary N) is 1. The molecule has 9 nitrogen and oxygen atoms in total. The Bertz CT molecular complexity index is 1630. The number of hydrazone groups is 1. The van der Waals surface area contributed by atoms with E-state index >= 15 is 0 Å². The Morgan fingerprint density at radius 2 is 1.83 bits per heavy atom. The number of rotatable bonds is 7. The Morgan fingerprint density at radius 1 is 1.06 bits per heavy atom. The molecule has 0 radical (unpaired) electrons. The van der Waals surface area contributed by atoms with Crippen LogP contribution >= 0.6 is 0 Å². The number of carbonyl (C=O) groups excluding carboxylic acids is 1. The van der Waals surface area contributed by atoms with Gasteiger partial charge in [-0.05, 0) is 40.6 Å². The van der Waals surface area contributed by atoms with Gasteiger partial charge in [0.05, 0.1) is 22.2 Å². The number of phenols is 1. The van der Waals surface area contributed by atoms with Crippen LogP contribution in [-0.4, -0.2) is 31.7 Å². The zero-order valence-corrected chi connectivity index (χ0v) is 19.0. The number of hydrogen-bond acceptors (Lipinski definition) is 6. The van der Waals surface area contributed by atoms with E-state index in [1.807, 2.05) is 59.2 Å². The second kappa shape index (κ2) is 9.67. The number of aromatic hydroxyl groups is 1. The number of carbonyl (C=O) groups is 1. The van der Waals surface area contributed by atoms with E-state index in [0.29, 0.717) is 22.8 Å². The SMILES string of the molecule is O=C(Cn1c(Cc2ccccc2)nc2ccccc21)N/N=C/c1c(O)ccc2cc([N+](=O)[O-])ccc12. The molecule has 0 saturated heterocycles. The maximum Gasteiger partial charge on any atom is 0.270 e. The van der Waals surface area contributed by atoms with E-state index in [-0.39, 0.29) is 23.9 Å². The summed E-state index contributed by atoms with van der Waals surface area (Å²) in [6.45, 7) is 0.00767. The molecule has 0 saturated carbocycles. The molecule has 5 rings (SSSR count). The Kier molecular flexibility index (Phi) is 6.10. The molecule has 1 aromatic heterocycles. The molecule has 0 aliphatic rings. The highest BCUT2D eigenvalue weighted by Gasteiger charge is 2.14. The quantitative estimate of drug-likeness (QED) is 0.201. The molecule has 1 amide bonds. The van der Waals surface area contributed by atoms with Gasteiger partial charge in [0, 0.05) is 24.1 Å². The molecular weight excluding hydrogens is 458 g/mol. The summed E-state index contributed by atoms with van der Waals surface area (Å²) in [6, 6.07) is 24.9. The van der Waals surface area contributed by atoms with Gasteiger partial charge in [-0.1, -0.05) is 48.5 Å². The average Bonchev–Trinajstić information content (AvgIpc) is 3.22. The van der Waals surface area contributed by atoms with E-state index in [4.69, 9.17) is 4.98 Å². The molecule has 4 aromatic carbocycles. The smallest absolute Gasteiger partial charge is 0.270 e. The second-order valence-corrected chi connectivity index (χ2v) is 8.22. The highest BCUT2D eigenvalue weighted by molar-refractivity contribution is 6.03. The third kappa shape index (κ3) is 4.62. The number of nitrogens with zero attached hydrogens (tertiary/aromatic N) is 4. The zero-order chi connectivity index (χ0) is 25.1. The number of hydrogen-bond donors (Lipinski definition) is 2. The highest BCUT2D eigenvalue weighted by atomic mass is 16.6. The number of non-ortho nitro benzene ring substituents is 1. The van der Waals surface area contributed by atoms with Crippen LogP contribution in [0.25, 0.3) is 21.8 Å². The van der Waals surface area contributed by atoms with Gasteiger partial charge in [0.15, 0.2) is 0 Å². The van der Waals surface area contributed by atoms with E-state index in [9.17, 15) is 20.0 Å². The van der Waals surface area contributed by atoms with Crippen molar-refractivity contribution in [2.24, 2.45) is 5.10 Å². The molecular formula is C27H21N5O4. The molecule has 9 heteroatoms. The first-order valence-electron chi connectivity index (χ1n) is 11.2. The summed E-state index contributed by atoms with van der Waals surface area (Å²) in [7, 11) is 0. The highest BCUT2D eigenvalue weighted by Crippen LogP contribution is 2.28. The molecule has 0 spiro atoms. The number of aromatic nitrogens is 2. The van der Waals surface area contributed by atoms with Crippen molar-refractivity contribution in [3.63, 3.8) is 0 Å². The van der Waals surface area contributed by atoms with E-state index in [0.717, 1.165) is 22.4 Å². The number of nitro benzene ring substituents is 1. The lowest BCUT2D eigenvalue weighted by Crippen LogP contribution is -2.24. The number of imidazole rings is 1. The molecule has 0 atom stereocenters. The van der Waals surface area contributed by atoms with Gasteiger partial charge in [-0.2, -0.15) is 5.10 Å². The Labute approximate surface area is 205 Å². The zero-order valence-electron chi connectivity index (χ0n) is 19.0. The number of benzene rings is 4. The van der Waals surface area contributed by atoms with Crippen LogP contribution in [0.4, 0.5) is 5.69 Å². The van der Waals surface area contributed by atoms with Gasteiger partial charge in [0.25, 0.3) is 11.6 Å². The minimum absolute atomic E-state index is 0.00767. The molecule has 0 aliphatic carbocycles. The normalized spacial score (nSPS) is 11.3. The summed E-state index contributed by atoms with van der Waals surface area (Å²) in [5.41, 5.74) is 5.53. The summed E-state index contributed by atoms with van der Waals surface area (Å²) in [5.74, 6) is 0.342. The van der Waals surface area contributed by atoms with Crippen LogP contribution in [0.1, 0.15) is 17.0 Å². The molecule has 5 aromatic rings. The van der Waals surface area contributed by atoms with Crippen LogP contribution in [0.15, 0.2) is 90.0 Å². The van der Waals surface area contributed by atoms with Crippen molar-refractivity contribution in [2.75, 3.05) is 0 Å². The molecule has 1 heterocycles. The maximum absolute atomic E-state index is 12.8. The van der Waals surface area contributed by atoms with Crippen LogP contribution < -0.4 is 5.43 Å². The Morgan fingerprint density at radius 3 is 2.64 bits per heavy atom. The molecule has 0 bridgehead atoms. The number of fused-ring (bicyclic) bond motifs is 2. The first-order valence-corrected chi connectivity index (χ1v) is 11.2. The van der Waals surface area contributed by atoms with Crippen LogP contribution in [0.2, 0.25) is 0 Å². The van der Waals surface area contributed by atoms with Crippen LogP contribution in [0, 0.1) is 10.1 Å². The van der Waals surface area contributed by atoms with Crippen LogP contribution in [0.3, 0.4) is 0 Å². The summed E-state index contributed by atoms with van der Waals surface area (Å²) in [4.78, 5) is 28.1. The molecule has 0 unspecified atom stereocenters. The van der Waals surface area contributed by atoms with Crippen molar-refractivity contribution >= 4 is 39.6 Å². The number of amides is 1. The molecule has 0 aliphatic heterocycles. The van der Waals surface area contributed by atoms with Crippen molar-refractivity contribution in [1.29, 1.82) is 0 Å². The van der Waals surface area contributed by atoms with Gasteiger partial charge in [0.2, 0.25) is 0 Å². The lowest BCUT2D eigenvalue weighted by molar-refractivity contribution is -0.384. The Hall–Kier alpha value is -5.05. The third-order valence-corrected chi connectivity index (χ3v) is 5.86.